The van der Waals surface area contributed by atoms with Crippen LogP contribution >= 0.6 is 22.9 Å². The highest BCUT2D eigenvalue weighted by Crippen LogP contribution is 2.47. The fraction of sp³-hybridized carbons (Fsp3) is 0.409. The number of esters is 1. The molecule has 2 heterocycles. The molecule has 1 N–H and O–H groups in total. The molecule has 5 nitrogen and oxygen atoms in total. The molecular formula is C22H21ClFN3O2S. The summed E-state index contributed by atoms with van der Waals surface area (Å²) >= 11 is 7.64. The van der Waals surface area contributed by atoms with Gasteiger partial charge in [-0.2, -0.15) is 4.98 Å². The molecule has 2 unspecified atom stereocenters. The predicted molar refractivity (Wildman–Crippen MR) is 116 cm³/mol. The molecule has 2 atom stereocenters. The summed E-state index contributed by atoms with van der Waals surface area (Å²) in [4.78, 5) is 21.5. The van der Waals surface area contributed by atoms with Gasteiger partial charge in [-0.15, -0.1) is 11.3 Å². The Labute approximate surface area is 182 Å². The molecule has 3 aliphatic carbocycles. The van der Waals surface area contributed by atoms with Gasteiger partial charge in [0.2, 0.25) is 5.28 Å². The van der Waals surface area contributed by atoms with Gasteiger partial charge in [0.05, 0.1) is 17.9 Å². The van der Waals surface area contributed by atoms with E-state index in [1.807, 2.05) is 30.3 Å². The molecule has 0 aliphatic heterocycles. The Hall–Kier alpha value is -2.25. The van der Waals surface area contributed by atoms with Crippen molar-refractivity contribution >= 4 is 44.8 Å². The molecule has 6 rings (SSSR count). The number of hydrogen-bond donors (Lipinski definition) is 1. The SMILES string of the molecule is COC(=O)C1C2CCC(CC2)C1Nc1nc(Cl)nc(-c2cc3ccccc3s2)c1F. The van der Waals surface area contributed by atoms with Crippen LogP contribution in [0.25, 0.3) is 20.7 Å². The number of anilines is 1. The van der Waals surface area contributed by atoms with E-state index in [0.29, 0.717) is 4.88 Å². The van der Waals surface area contributed by atoms with Gasteiger partial charge >= 0.3 is 5.97 Å². The van der Waals surface area contributed by atoms with Crippen LogP contribution in [0.1, 0.15) is 25.7 Å². The molecule has 3 aliphatic rings. The first kappa shape index (κ1) is 19.7. The monoisotopic (exact) mass is 445 g/mol. The van der Waals surface area contributed by atoms with E-state index in [0.717, 1.165) is 35.8 Å². The number of thiophene rings is 1. The van der Waals surface area contributed by atoms with Gasteiger partial charge in [0.1, 0.15) is 5.69 Å². The largest absolute Gasteiger partial charge is 0.469 e. The zero-order chi connectivity index (χ0) is 20.8. The first-order valence-corrected chi connectivity index (χ1v) is 11.3. The van der Waals surface area contributed by atoms with Crippen molar-refractivity contribution in [2.75, 3.05) is 12.4 Å². The highest BCUT2D eigenvalue weighted by molar-refractivity contribution is 7.22. The fourth-order valence-electron chi connectivity index (χ4n) is 5.07. The highest BCUT2D eigenvalue weighted by Gasteiger charge is 2.48. The summed E-state index contributed by atoms with van der Waals surface area (Å²) in [6.07, 6.45) is 4.03. The number of benzene rings is 1. The molecule has 30 heavy (non-hydrogen) atoms. The summed E-state index contributed by atoms with van der Waals surface area (Å²) in [5.74, 6) is -0.511. The van der Waals surface area contributed by atoms with Gasteiger partial charge in [-0.1, -0.05) is 18.2 Å². The molecule has 0 amide bonds. The summed E-state index contributed by atoms with van der Waals surface area (Å²) in [6, 6.07) is 9.55. The summed E-state index contributed by atoms with van der Waals surface area (Å²) in [7, 11) is 1.41. The number of halogens is 2. The molecule has 2 aromatic heterocycles. The van der Waals surface area contributed by atoms with Gasteiger partial charge in [-0.25, -0.2) is 9.37 Å². The van der Waals surface area contributed by atoms with Gasteiger partial charge in [0.15, 0.2) is 11.6 Å². The maximum absolute atomic E-state index is 15.5. The van der Waals surface area contributed by atoms with Crippen molar-refractivity contribution in [3.63, 3.8) is 0 Å². The number of nitrogens with one attached hydrogen (secondary N) is 1. The quantitative estimate of drug-likeness (QED) is 0.422. The van der Waals surface area contributed by atoms with Crippen molar-refractivity contribution in [2.45, 2.75) is 31.7 Å². The third-order valence-corrected chi connectivity index (χ3v) is 7.77. The standard InChI is InChI=1S/C22H21ClFN3O2S/c1-29-21(28)16-11-6-8-12(9-7-11)18(16)25-20-17(24)19(26-22(23)27-20)15-10-13-4-2-3-5-14(13)30-15/h2-5,10-12,16,18H,6-9H2,1H3,(H,25,26,27). The van der Waals surface area contributed by atoms with E-state index >= 15 is 4.39 Å². The Bertz CT molecular complexity index is 1080. The van der Waals surface area contributed by atoms with Crippen LogP contribution < -0.4 is 5.32 Å². The molecule has 0 saturated heterocycles. The van der Waals surface area contributed by atoms with Crippen LogP contribution in [0.2, 0.25) is 5.28 Å². The molecular weight excluding hydrogens is 425 g/mol. The molecule has 3 fully saturated rings. The van der Waals surface area contributed by atoms with E-state index in [4.69, 9.17) is 16.3 Å². The lowest BCUT2D eigenvalue weighted by Gasteiger charge is -2.47. The van der Waals surface area contributed by atoms with Crippen LogP contribution in [0, 0.1) is 23.6 Å². The summed E-state index contributed by atoms with van der Waals surface area (Å²) in [5.41, 5.74) is 0.175. The van der Waals surface area contributed by atoms with Crippen molar-refractivity contribution in [1.82, 2.24) is 9.97 Å². The van der Waals surface area contributed by atoms with E-state index in [-0.39, 0.29) is 46.6 Å². The van der Waals surface area contributed by atoms with Gasteiger partial charge in [-0.3, -0.25) is 4.79 Å². The molecule has 3 aromatic rings. The van der Waals surface area contributed by atoms with E-state index in [1.165, 1.54) is 18.4 Å². The van der Waals surface area contributed by atoms with E-state index in [9.17, 15) is 4.79 Å². The lowest BCUT2D eigenvalue weighted by atomic mass is 9.61. The van der Waals surface area contributed by atoms with Crippen molar-refractivity contribution < 1.29 is 13.9 Å². The minimum atomic E-state index is -0.545. The summed E-state index contributed by atoms with van der Waals surface area (Å²) in [6.45, 7) is 0. The maximum Gasteiger partial charge on any atom is 0.311 e. The topological polar surface area (TPSA) is 64.1 Å². The Morgan fingerprint density at radius 2 is 1.93 bits per heavy atom. The predicted octanol–water partition coefficient (Wildman–Crippen LogP) is 5.54. The molecule has 0 radical (unpaired) electrons. The third kappa shape index (κ3) is 3.34. The number of aromatic nitrogens is 2. The summed E-state index contributed by atoms with van der Waals surface area (Å²) in [5, 5.41) is 4.22. The first-order valence-electron chi connectivity index (χ1n) is 10.1. The number of hydrogen-bond acceptors (Lipinski definition) is 6. The Kier molecular flexibility index (Phi) is 5.11. The average molecular weight is 446 g/mol. The molecule has 2 bridgehead atoms. The Balaban J connectivity index is 1.52. The van der Waals surface area contributed by atoms with E-state index < -0.39 is 5.82 Å². The van der Waals surface area contributed by atoms with Gasteiger partial charge in [0.25, 0.3) is 0 Å². The number of carbonyl (C=O) groups is 1. The van der Waals surface area contributed by atoms with Crippen LogP contribution in [-0.2, 0) is 9.53 Å². The number of fused-ring (bicyclic) bond motifs is 4. The van der Waals surface area contributed by atoms with Crippen molar-refractivity contribution in [3.8, 4) is 10.6 Å². The lowest BCUT2D eigenvalue weighted by molar-refractivity contribution is -0.152. The van der Waals surface area contributed by atoms with Gasteiger partial charge < -0.3 is 10.1 Å². The van der Waals surface area contributed by atoms with E-state index in [1.54, 1.807) is 0 Å². The maximum atomic E-state index is 15.5. The summed E-state index contributed by atoms with van der Waals surface area (Å²) < 4.78 is 21.6. The average Bonchev–Trinajstić information content (AvgIpc) is 3.20. The number of methoxy groups -OCH3 is 1. The van der Waals surface area contributed by atoms with Crippen LogP contribution in [0.4, 0.5) is 10.2 Å². The first-order chi connectivity index (χ1) is 14.5. The zero-order valence-corrected chi connectivity index (χ0v) is 18.0. The number of ether oxygens (including phenoxy) is 1. The molecule has 3 saturated carbocycles. The molecule has 0 spiro atoms. The van der Waals surface area contributed by atoms with Crippen LogP contribution in [0.15, 0.2) is 30.3 Å². The normalized spacial score (nSPS) is 25.4. The van der Waals surface area contributed by atoms with Gasteiger partial charge in [0, 0.05) is 10.7 Å². The zero-order valence-electron chi connectivity index (χ0n) is 16.4. The fourth-order valence-corrected chi connectivity index (χ4v) is 6.28. The van der Waals surface area contributed by atoms with Crippen LogP contribution in [0.5, 0.6) is 0 Å². The number of nitrogens with zero attached hydrogens (tertiary/aromatic N) is 2. The minimum absolute atomic E-state index is 0.0260. The highest BCUT2D eigenvalue weighted by atomic mass is 35.5. The second-order valence-corrected chi connectivity index (χ2v) is 9.47. The Morgan fingerprint density at radius 3 is 2.67 bits per heavy atom. The second kappa shape index (κ2) is 7.78. The van der Waals surface area contributed by atoms with E-state index in [2.05, 4.69) is 15.3 Å². The van der Waals surface area contributed by atoms with Crippen LogP contribution in [-0.4, -0.2) is 29.1 Å². The lowest BCUT2D eigenvalue weighted by Crippen LogP contribution is -2.52. The molecule has 156 valence electrons. The minimum Gasteiger partial charge on any atom is -0.469 e. The second-order valence-electron chi connectivity index (χ2n) is 8.05. The van der Waals surface area contributed by atoms with Crippen molar-refractivity contribution in [1.29, 1.82) is 0 Å². The Morgan fingerprint density at radius 1 is 1.20 bits per heavy atom. The van der Waals surface area contributed by atoms with Crippen LogP contribution in [0.3, 0.4) is 0 Å². The van der Waals surface area contributed by atoms with Gasteiger partial charge in [-0.05, 0) is 66.6 Å². The third-order valence-electron chi connectivity index (χ3n) is 6.48. The smallest absolute Gasteiger partial charge is 0.311 e. The number of carbonyl (C=O) groups excluding carboxylic acids is 1. The molecule has 8 heteroatoms. The van der Waals surface area contributed by atoms with Crippen molar-refractivity contribution in [3.05, 3.63) is 41.4 Å². The van der Waals surface area contributed by atoms with Crippen molar-refractivity contribution in [2.24, 2.45) is 17.8 Å². The number of rotatable bonds is 4. The molecule has 1 aromatic carbocycles.